The fourth-order valence-corrected chi connectivity index (χ4v) is 2.48. The second-order valence-corrected chi connectivity index (χ2v) is 5.35. The Morgan fingerprint density at radius 1 is 1.15 bits per heavy atom. The maximum atomic E-state index is 13.6. The molecule has 102 valence electrons. The van der Waals surface area contributed by atoms with Crippen molar-refractivity contribution in [3.63, 3.8) is 0 Å². The van der Waals surface area contributed by atoms with Gasteiger partial charge in [0.25, 0.3) is 0 Å². The number of aryl methyl sites for hydroxylation is 1. The number of anilines is 1. The molecule has 0 aliphatic carbocycles. The lowest BCUT2D eigenvalue weighted by atomic mass is 10.2. The molecule has 0 saturated heterocycles. The Bertz CT molecular complexity index is 827. The van der Waals surface area contributed by atoms with E-state index in [0.29, 0.717) is 26.8 Å². The molecule has 0 bridgehead atoms. The van der Waals surface area contributed by atoms with E-state index >= 15 is 0 Å². The Morgan fingerprint density at radius 2 is 1.90 bits per heavy atom. The molecule has 3 nitrogen and oxygen atoms in total. The number of hydrogen-bond donors (Lipinski definition) is 1. The number of nitrogens with two attached hydrogens (primary N) is 1. The lowest BCUT2D eigenvalue weighted by Crippen LogP contribution is -2.01. The summed E-state index contributed by atoms with van der Waals surface area (Å²) in [5.41, 5.74) is 8.19. The summed E-state index contributed by atoms with van der Waals surface area (Å²) in [6.07, 6.45) is 0. The SMILES string of the molecule is Cc1cc2c(cc1F)nc(N)n2-c1ccc(F)c(Br)c1. The molecule has 0 radical (unpaired) electrons. The Kier molecular flexibility index (Phi) is 2.97. The fraction of sp³-hybridized carbons (Fsp3) is 0.0714. The van der Waals surface area contributed by atoms with Crippen LogP contribution >= 0.6 is 15.9 Å². The van der Waals surface area contributed by atoms with Crippen LogP contribution in [0.15, 0.2) is 34.8 Å². The topological polar surface area (TPSA) is 43.8 Å². The average molecular weight is 338 g/mol. The number of fused-ring (bicyclic) bond motifs is 1. The molecular weight excluding hydrogens is 328 g/mol. The number of hydrogen-bond acceptors (Lipinski definition) is 2. The maximum Gasteiger partial charge on any atom is 0.205 e. The highest BCUT2D eigenvalue weighted by molar-refractivity contribution is 9.10. The Hall–Kier alpha value is -1.95. The first-order chi connectivity index (χ1) is 9.47. The van der Waals surface area contributed by atoms with Crippen molar-refractivity contribution in [2.75, 3.05) is 5.73 Å². The van der Waals surface area contributed by atoms with Crippen molar-refractivity contribution in [3.8, 4) is 5.69 Å². The normalized spacial score (nSPS) is 11.2. The van der Waals surface area contributed by atoms with Gasteiger partial charge in [0, 0.05) is 6.07 Å². The van der Waals surface area contributed by atoms with Crippen molar-refractivity contribution in [1.29, 1.82) is 0 Å². The monoisotopic (exact) mass is 337 g/mol. The molecule has 0 aliphatic heterocycles. The van der Waals surface area contributed by atoms with Crippen LogP contribution in [0, 0.1) is 18.6 Å². The Labute approximate surface area is 122 Å². The molecule has 0 fully saturated rings. The third kappa shape index (κ3) is 1.96. The van der Waals surface area contributed by atoms with Crippen molar-refractivity contribution in [2.45, 2.75) is 6.92 Å². The molecule has 0 unspecified atom stereocenters. The number of benzene rings is 2. The third-order valence-electron chi connectivity index (χ3n) is 3.12. The van der Waals surface area contributed by atoms with Gasteiger partial charge in [0.1, 0.15) is 11.6 Å². The van der Waals surface area contributed by atoms with Crippen LogP contribution in [0.2, 0.25) is 0 Å². The number of nitrogens with zero attached hydrogens (tertiary/aromatic N) is 2. The van der Waals surface area contributed by atoms with E-state index in [1.165, 1.54) is 12.1 Å². The van der Waals surface area contributed by atoms with Crippen molar-refractivity contribution >= 4 is 32.9 Å². The average Bonchev–Trinajstić information content (AvgIpc) is 2.69. The molecule has 20 heavy (non-hydrogen) atoms. The van der Waals surface area contributed by atoms with E-state index in [1.807, 2.05) is 0 Å². The molecule has 0 spiro atoms. The van der Waals surface area contributed by atoms with E-state index in [0.717, 1.165) is 0 Å². The van der Waals surface area contributed by atoms with Crippen LogP contribution in [0.3, 0.4) is 0 Å². The van der Waals surface area contributed by atoms with Crippen LogP contribution in [0.25, 0.3) is 16.7 Å². The van der Waals surface area contributed by atoms with Gasteiger partial charge in [-0.3, -0.25) is 4.57 Å². The summed E-state index contributed by atoms with van der Waals surface area (Å²) < 4.78 is 28.9. The fourth-order valence-electron chi connectivity index (χ4n) is 2.12. The molecule has 2 aromatic carbocycles. The maximum absolute atomic E-state index is 13.6. The summed E-state index contributed by atoms with van der Waals surface area (Å²) in [6.45, 7) is 1.67. The largest absolute Gasteiger partial charge is 0.369 e. The van der Waals surface area contributed by atoms with Crippen LogP contribution in [0.1, 0.15) is 5.56 Å². The summed E-state index contributed by atoms with van der Waals surface area (Å²) in [4.78, 5) is 4.14. The molecule has 1 aromatic heterocycles. The number of nitrogen functional groups attached to an aromatic ring is 1. The lowest BCUT2D eigenvalue weighted by molar-refractivity contribution is 0.620. The highest BCUT2D eigenvalue weighted by Gasteiger charge is 2.13. The zero-order valence-electron chi connectivity index (χ0n) is 10.5. The Balaban J connectivity index is 2.32. The van der Waals surface area contributed by atoms with Gasteiger partial charge in [-0.05, 0) is 52.7 Å². The summed E-state index contributed by atoms with van der Waals surface area (Å²) in [5, 5.41) is 0. The first-order valence-electron chi connectivity index (χ1n) is 5.87. The number of aromatic nitrogens is 2. The highest BCUT2D eigenvalue weighted by atomic mass is 79.9. The van der Waals surface area contributed by atoms with Gasteiger partial charge in [0.15, 0.2) is 0 Å². The van der Waals surface area contributed by atoms with E-state index < -0.39 is 0 Å². The zero-order valence-corrected chi connectivity index (χ0v) is 12.1. The molecule has 0 saturated carbocycles. The predicted octanol–water partition coefficient (Wildman–Crippen LogP) is 3.96. The summed E-state index contributed by atoms with van der Waals surface area (Å²) in [7, 11) is 0. The van der Waals surface area contributed by atoms with Crippen LogP contribution in [-0.2, 0) is 0 Å². The smallest absolute Gasteiger partial charge is 0.205 e. The molecule has 0 atom stereocenters. The van der Waals surface area contributed by atoms with Gasteiger partial charge in [-0.25, -0.2) is 13.8 Å². The first-order valence-corrected chi connectivity index (χ1v) is 6.66. The van der Waals surface area contributed by atoms with E-state index in [2.05, 4.69) is 20.9 Å². The van der Waals surface area contributed by atoms with E-state index in [9.17, 15) is 8.78 Å². The molecule has 1 heterocycles. The lowest BCUT2D eigenvalue weighted by Gasteiger charge is -2.08. The molecule has 3 aromatic rings. The van der Waals surface area contributed by atoms with Gasteiger partial charge in [-0.1, -0.05) is 0 Å². The summed E-state index contributed by atoms with van der Waals surface area (Å²) in [6, 6.07) is 7.55. The minimum absolute atomic E-state index is 0.225. The van der Waals surface area contributed by atoms with Crippen molar-refractivity contribution in [3.05, 3.63) is 52.0 Å². The van der Waals surface area contributed by atoms with E-state index in [-0.39, 0.29) is 17.6 Å². The van der Waals surface area contributed by atoms with Crippen LogP contribution in [-0.4, -0.2) is 9.55 Å². The van der Waals surface area contributed by atoms with Gasteiger partial charge in [0.05, 0.1) is 21.2 Å². The molecule has 2 N–H and O–H groups in total. The van der Waals surface area contributed by atoms with Crippen molar-refractivity contribution < 1.29 is 8.78 Å². The van der Waals surface area contributed by atoms with Crippen LogP contribution < -0.4 is 5.73 Å². The standard InChI is InChI=1S/C14H10BrF2N3/c1-7-4-13-12(6-11(7)17)19-14(18)20(13)8-2-3-10(16)9(15)5-8/h2-6H,1H3,(H2,18,19). The summed E-state index contributed by atoms with van der Waals surface area (Å²) in [5.74, 6) is -0.468. The van der Waals surface area contributed by atoms with Gasteiger partial charge < -0.3 is 5.73 Å². The Morgan fingerprint density at radius 3 is 2.60 bits per heavy atom. The molecular formula is C14H10BrF2N3. The predicted molar refractivity (Wildman–Crippen MR) is 77.8 cm³/mol. The van der Waals surface area contributed by atoms with Gasteiger partial charge in [-0.15, -0.1) is 0 Å². The number of halogens is 3. The molecule has 6 heteroatoms. The molecule has 3 rings (SSSR count). The second kappa shape index (κ2) is 4.56. The van der Waals surface area contributed by atoms with Gasteiger partial charge >= 0.3 is 0 Å². The minimum Gasteiger partial charge on any atom is -0.369 e. The summed E-state index contributed by atoms with van der Waals surface area (Å²) >= 11 is 3.14. The second-order valence-electron chi connectivity index (χ2n) is 4.49. The van der Waals surface area contributed by atoms with Gasteiger partial charge in [0.2, 0.25) is 5.95 Å². The first kappa shape index (κ1) is 13.1. The van der Waals surface area contributed by atoms with E-state index in [4.69, 9.17) is 5.73 Å². The number of imidazole rings is 1. The third-order valence-corrected chi connectivity index (χ3v) is 3.73. The number of rotatable bonds is 1. The van der Waals surface area contributed by atoms with E-state index in [1.54, 1.807) is 29.7 Å². The molecule has 0 amide bonds. The highest BCUT2D eigenvalue weighted by Crippen LogP contribution is 2.27. The van der Waals surface area contributed by atoms with Crippen LogP contribution in [0.5, 0.6) is 0 Å². The van der Waals surface area contributed by atoms with Gasteiger partial charge in [-0.2, -0.15) is 0 Å². The zero-order chi connectivity index (χ0) is 14.4. The minimum atomic E-state index is -0.362. The van der Waals surface area contributed by atoms with Crippen molar-refractivity contribution in [1.82, 2.24) is 9.55 Å². The molecule has 0 aliphatic rings. The van der Waals surface area contributed by atoms with Crippen molar-refractivity contribution in [2.24, 2.45) is 0 Å². The van der Waals surface area contributed by atoms with Crippen LogP contribution in [0.4, 0.5) is 14.7 Å². The quantitative estimate of drug-likeness (QED) is 0.730.